The van der Waals surface area contributed by atoms with E-state index < -0.39 is 0 Å². The van der Waals surface area contributed by atoms with Crippen LogP contribution in [-0.4, -0.2) is 60.6 Å². The largest absolute Gasteiger partial charge is 0.495 e. The van der Waals surface area contributed by atoms with Crippen molar-refractivity contribution in [2.45, 2.75) is 13.8 Å². The fraction of sp³-hybridized carbons (Fsp3) is 0.421. The molecule has 1 aliphatic rings. The number of hydrogen-bond donors (Lipinski definition) is 1. The van der Waals surface area contributed by atoms with Gasteiger partial charge in [-0.2, -0.15) is 0 Å². The number of benzene rings is 1. The molecule has 1 aromatic carbocycles. The number of amides is 1. The Labute approximate surface area is 164 Å². The molecule has 1 saturated heterocycles. The van der Waals surface area contributed by atoms with Gasteiger partial charge in [-0.15, -0.1) is 0 Å². The highest BCUT2D eigenvalue weighted by Crippen LogP contribution is 2.27. The van der Waals surface area contributed by atoms with Crippen molar-refractivity contribution in [3.63, 3.8) is 0 Å². The van der Waals surface area contributed by atoms with E-state index in [-0.39, 0.29) is 5.91 Å². The maximum absolute atomic E-state index is 12.7. The number of nitrogens with one attached hydrogen (secondary N) is 1. The third-order valence-corrected chi connectivity index (χ3v) is 4.88. The first-order valence-corrected chi connectivity index (χ1v) is 9.36. The number of ether oxygens (including phenoxy) is 1. The number of methoxy groups -OCH3 is 1. The summed E-state index contributed by atoms with van der Waals surface area (Å²) in [6, 6.07) is 6.78. The van der Waals surface area contributed by atoms with Gasteiger partial charge in [0.1, 0.15) is 11.4 Å². The third-order valence-electron chi connectivity index (χ3n) is 4.59. The van der Waals surface area contributed by atoms with Crippen LogP contribution < -0.4 is 15.0 Å². The summed E-state index contributed by atoms with van der Waals surface area (Å²) in [6.07, 6.45) is 0. The average molecular weight is 390 g/mol. The van der Waals surface area contributed by atoms with Gasteiger partial charge in [-0.1, -0.05) is 18.5 Å². The number of carbonyl (C=O) groups is 1. The van der Waals surface area contributed by atoms with Crippen LogP contribution in [0.25, 0.3) is 0 Å². The van der Waals surface area contributed by atoms with E-state index in [1.807, 2.05) is 6.92 Å². The normalized spacial score (nSPS) is 14.9. The number of anilines is 2. The van der Waals surface area contributed by atoms with E-state index in [1.165, 1.54) is 0 Å². The molecular weight excluding hydrogens is 366 g/mol. The molecule has 1 aromatic heterocycles. The van der Waals surface area contributed by atoms with E-state index in [2.05, 4.69) is 32.0 Å². The molecule has 2 aromatic rings. The van der Waals surface area contributed by atoms with Gasteiger partial charge in [0.05, 0.1) is 12.1 Å². The number of halogens is 1. The van der Waals surface area contributed by atoms with Crippen LogP contribution in [-0.2, 0) is 0 Å². The molecule has 27 heavy (non-hydrogen) atoms. The Bertz CT molecular complexity index is 822. The predicted molar refractivity (Wildman–Crippen MR) is 107 cm³/mol. The number of rotatable bonds is 5. The van der Waals surface area contributed by atoms with Crippen molar-refractivity contribution in [1.29, 1.82) is 0 Å². The monoisotopic (exact) mass is 389 g/mol. The number of aromatic nitrogens is 2. The molecule has 0 saturated carbocycles. The van der Waals surface area contributed by atoms with Crippen LogP contribution in [0.1, 0.15) is 23.1 Å². The van der Waals surface area contributed by atoms with Crippen molar-refractivity contribution in [2.75, 3.05) is 50.1 Å². The highest BCUT2D eigenvalue weighted by molar-refractivity contribution is 6.32. The minimum atomic E-state index is -0.296. The van der Waals surface area contributed by atoms with Gasteiger partial charge in [0.2, 0.25) is 5.95 Å². The van der Waals surface area contributed by atoms with E-state index in [4.69, 9.17) is 16.3 Å². The van der Waals surface area contributed by atoms with Gasteiger partial charge in [0, 0.05) is 37.6 Å². The maximum Gasteiger partial charge on any atom is 0.274 e. The number of likely N-dealkylation sites (N-methyl/N-ethyl adjacent to an activating group) is 1. The quantitative estimate of drug-likeness (QED) is 0.847. The Balaban J connectivity index is 1.75. The zero-order valence-electron chi connectivity index (χ0n) is 15.8. The van der Waals surface area contributed by atoms with E-state index >= 15 is 0 Å². The Hall–Kier alpha value is -2.38. The average Bonchev–Trinajstić information content (AvgIpc) is 2.67. The number of piperazine rings is 1. The predicted octanol–water partition coefficient (Wildman–Crippen LogP) is 2.84. The Morgan fingerprint density at radius 3 is 2.59 bits per heavy atom. The van der Waals surface area contributed by atoms with Gasteiger partial charge in [0.15, 0.2) is 0 Å². The maximum atomic E-state index is 12.7. The van der Waals surface area contributed by atoms with Gasteiger partial charge in [0.25, 0.3) is 5.91 Å². The van der Waals surface area contributed by atoms with Crippen LogP contribution in [0, 0.1) is 6.92 Å². The second kappa shape index (κ2) is 8.54. The van der Waals surface area contributed by atoms with Gasteiger partial charge < -0.3 is 19.9 Å². The van der Waals surface area contributed by atoms with Crippen LogP contribution in [0.4, 0.5) is 11.6 Å². The number of nitrogens with zero attached hydrogens (tertiary/aromatic N) is 4. The van der Waals surface area contributed by atoms with Crippen molar-refractivity contribution in [2.24, 2.45) is 0 Å². The Kier molecular flexibility index (Phi) is 6.13. The molecule has 1 amide bonds. The van der Waals surface area contributed by atoms with Crippen LogP contribution in [0.3, 0.4) is 0 Å². The molecule has 1 aliphatic heterocycles. The summed E-state index contributed by atoms with van der Waals surface area (Å²) >= 11 is 6.12. The molecule has 0 bridgehead atoms. The summed E-state index contributed by atoms with van der Waals surface area (Å²) < 4.78 is 5.13. The number of hydrogen-bond acceptors (Lipinski definition) is 6. The molecule has 0 aliphatic carbocycles. The fourth-order valence-corrected chi connectivity index (χ4v) is 3.27. The molecule has 7 nitrogen and oxygen atoms in total. The molecule has 3 rings (SSSR count). The summed E-state index contributed by atoms with van der Waals surface area (Å²) in [5.41, 5.74) is 1.68. The summed E-state index contributed by atoms with van der Waals surface area (Å²) in [4.78, 5) is 26.2. The summed E-state index contributed by atoms with van der Waals surface area (Å²) in [5.74, 6) is 0.861. The van der Waals surface area contributed by atoms with Crippen LogP contribution in [0.2, 0.25) is 5.02 Å². The molecular formula is C19H24ClN5O2. The number of carbonyl (C=O) groups excluding carboxylic acids is 1. The SMILES string of the molecule is CCN1CCN(c2nc(C)cc(C(=O)Nc3ccc(OC)c(Cl)c3)n2)CC1. The molecule has 1 N–H and O–H groups in total. The van der Waals surface area contributed by atoms with Crippen molar-refractivity contribution in [3.8, 4) is 5.75 Å². The summed E-state index contributed by atoms with van der Waals surface area (Å²) in [6.45, 7) is 8.72. The lowest BCUT2D eigenvalue weighted by Gasteiger charge is -2.34. The third kappa shape index (κ3) is 4.67. The van der Waals surface area contributed by atoms with Gasteiger partial charge in [-0.05, 0) is 37.7 Å². The molecule has 0 radical (unpaired) electrons. The molecule has 0 unspecified atom stereocenters. The number of aryl methyl sites for hydroxylation is 1. The second-order valence-electron chi connectivity index (χ2n) is 6.42. The van der Waals surface area contributed by atoms with Gasteiger partial charge in [-0.25, -0.2) is 9.97 Å². The van der Waals surface area contributed by atoms with E-state index in [0.29, 0.717) is 28.1 Å². The van der Waals surface area contributed by atoms with Crippen molar-refractivity contribution in [3.05, 3.63) is 40.7 Å². The van der Waals surface area contributed by atoms with Gasteiger partial charge in [-0.3, -0.25) is 4.79 Å². The first-order chi connectivity index (χ1) is 13.0. The van der Waals surface area contributed by atoms with E-state index in [9.17, 15) is 4.79 Å². The summed E-state index contributed by atoms with van der Waals surface area (Å²) in [7, 11) is 1.55. The van der Waals surface area contributed by atoms with E-state index in [1.54, 1.807) is 31.4 Å². The Morgan fingerprint density at radius 2 is 1.96 bits per heavy atom. The van der Waals surface area contributed by atoms with Crippen LogP contribution in [0.5, 0.6) is 5.75 Å². The van der Waals surface area contributed by atoms with Crippen molar-refractivity contribution < 1.29 is 9.53 Å². The van der Waals surface area contributed by atoms with Crippen molar-refractivity contribution >= 4 is 29.1 Å². The minimum absolute atomic E-state index is 0.296. The molecule has 2 heterocycles. The van der Waals surface area contributed by atoms with E-state index in [0.717, 1.165) is 38.4 Å². The zero-order chi connectivity index (χ0) is 19.4. The zero-order valence-corrected chi connectivity index (χ0v) is 16.6. The Morgan fingerprint density at radius 1 is 1.22 bits per heavy atom. The lowest BCUT2D eigenvalue weighted by molar-refractivity contribution is 0.102. The first-order valence-electron chi connectivity index (χ1n) is 8.98. The molecule has 144 valence electrons. The lowest BCUT2D eigenvalue weighted by atomic mass is 10.2. The first kappa shape index (κ1) is 19.4. The topological polar surface area (TPSA) is 70.6 Å². The molecule has 1 fully saturated rings. The fourth-order valence-electron chi connectivity index (χ4n) is 3.01. The smallest absolute Gasteiger partial charge is 0.274 e. The second-order valence-corrected chi connectivity index (χ2v) is 6.83. The highest BCUT2D eigenvalue weighted by Gasteiger charge is 2.20. The molecule has 8 heteroatoms. The van der Waals surface area contributed by atoms with Gasteiger partial charge >= 0.3 is 0 Å². The van der Waals surface area contributed by atoms with Crippen LogP contribution in [0.15, 0.2) is 24.3 Å². The molecule has 0 atom stereocenters. The summed E-state index contributed by atoms with van der Waals surface area (Å²) in [5, 5.41) is 3.26. The molecule has 0 spiro atoms. The van der Waals surface area contributed by atoms with Crippen LogP contribution >= 0.6 is 11.6 Å². The van der Waals surface area contributed by atoms with Crippen molar-refractivity contribution in [1.82, 2.24) is 14.9 Å². The highest BCUT2D eigenvalue weighted by atomic mass is 35.5. The minimum Gasteiger partial charge on any atom is -0.495 e. The standard InChI is InChI=1S/C19H24ClN5O2/c1-4-24-7-9-25(10-8-24)19-21-13(2)11-16(23-19)18(26)22-14-5-6-17(27-3)15(20)12-14/h5-6,11-12H,4,7-10H2,1-3H3,(H,22,26). The lowest BCUT2D eigenvalue weighted by Crippen LogP contribution is -2.47.